The van der Waals surface area contributed by atoms with E-state index in [1.165, 1.54) is 37.0 Å². The van der Waals surface area contributed by atoms with E-state index >= 15 is 0 Å². The van der Waals surface area contributed by atoms with E-state index in [9.17, 15) is 0 Å². The summed E-state index contributed by atoms with van der Waals surface area (Å²) in [6, 6.07) is 6.74. The molecule has 2 N–H and O–H groups in total. The highest BCUT2D eigenvalue weighted by atomic mass is 15.1. The van der Waals surface area contributed by atoms with Crippen LogP contribution in [0.25, 0.3) is 11.0 Å². The van der Waals surface area contributed by atoms with E-state index in [2.05, 4.69) is 24.5 Å². The van der Waals surface area contributed by atoms with Gasteiger partial charge in [0, 0.05) is 17.6 Å². The van der Waals surface area contributed by atoms with Crippen molar-refractivity contribution in [3.8, 4) is 0 Å². The van der Waals surface area contributed by atoms with Gasteiger partial charge in [-0.2, -0.15) is 0 Å². The molecule has 3 rings (SSSR count). The summed E-state index contributed by atoms with van der Waals surface area (Å²) in [5.41, 5.74) is 8.96. The highest BCUT2D eigenvalue weighted by Gasteiger charge is 2.23. The molecule has 0 atom stereocenters. The lowest BCUT2D eigenvalue weighted by atomic mass is 10.1. The molecule has 96 valence electrons. The number of benzene rings is 1. The van der Waals surface area contributed by atoms with Gasteiger partial charge in [0.25, 0.3) is 0 Å². The van der Waals surface area contributed by atoms with Crippen LogP contribution in [0.4, 0.5) is 5.69 Å². The highest BCUT2D eigenvalue weighted by Crippen LogP contribution is 2.35. The number of imidazole rings is 1. The zero-order valence-electron chi connectivity index (χ0n) is 11.2. The first-order valence-electron chi connectivity index (χ1n) is 6.94. The Hall–Kier alpha value is -1.51. The smallest absolute Gasteiger partial charge is 0.112 e. The first-order valence-corrected chi connectivity index (χ1v) is 6.94. The van der Waals surface area contributed by atoms with Crippen LogP contribution in [0.2, 0.25) is 0 Å². The Morgan fingerprint density at radius 1 is 1.28 bits per heavy atom. The van der Waals surface area contributed by atoms with Crippen molar-refractivity contribution in [3.63, 3.8) is 0 Å². The molecule has 0 radical (unpaired) electrons. The third-order valence-electron chi connectivity index (χ3n) is 3.95. The molecule has 1 aromatic heterocycles. The minimum Gasteiger partial charge on any atom is -0.399 e. The maximum Gasteiger partial charge on any atom is 0.112 e. The number of anilines is 1. The molecule has 0 saturated heterocycles. The summed E-state index contributed by atoms with van der Waals surface area (Å²) in [7, 11) is 0. The van der Waals surface area contributed by atoms with Crippen molar-refractivity contribution in [3.05, 3.63) is 24.0 Å². The minimum absolute atomic E-state index is 0.458. The van der Waals surface area contributed by atoms with Crippen LogP contribution in [0.1, 0.15) is 57.3 Å². The van der Waals surface area contributed by atoms with E-state index in [1.54, 1.807) is 0 Å². The Kier molecular flexibility index (Phi) is 2.77. The van der Waals surface area contributed by atoms with Gasteiger partial charge in [0.15, 0.2) is 0 Å². The Labute approximate surface area is 108 Å². The second kappa shape index (κ2) is 4.30. The van der Waals surface area contributed by atoms with Crippen LogP contribution < -0.4 is 5.73 Å². The summed E-state index contributed by atoms with van der Waals surface area (Å²) in [4.78, 5) is 4.80. The van der Waals surface area contributed by atoms with Crippen LogP contribution in [0.5, 0.6) is 0 Å². The topological polar surface area (TPSA) is 43.8 Å². The van der Waals surface area contributed by atoms with Crippen molar-refractivity contribution in [1.82, 2.24) is 9.55 Å². The number of hydrogen-bond donors (Lipinski definition) is 1. The lowest BCUT2D eigenvalue weighted by Gasteiger charge is -2.18. The zero-order chi connectivity index (χ0) is 12.7. The van der Waals surface area contributed by atoms with Gasteiger partial charge >= 0.3 is 0 Å². The van der Waals surface area contributed by atoms with E-state index in [1.807, 2.05) is 12.1 Å². The molecule has 1 aromatic carbocycles. The maximum absolute atomic E-state index is 5.86. The lowest BCUT2D eigenvalue weighted by Crippen LogP contribution is -2.10. The first kappa shape index (κ1) is 11.6. The molecule has 0 unspecified atom stereocenters. The number of aromatic nitrogens is 2. The molecular weight excluding hydrogens is 222 g/mol. The molecule has 1 saturated carbocycles. The van der Waals surface area contributed by atoms with Gasteiger partial charge in [-0.25, -0.2) is 4.98 Å². The Bertz CT molecular complexity index is 562. The molecule has 1 fully saturated rings. The van der Waals surface area contributed by atoms with E-state index in [-0.39, 0.29) is 0 Å². The third kappa shape index (κ3) is 1.78. The normalized spacial score (nSPS) is 17.1. The highest BCUT2D eigenvalue weighted by molar-refractivity contribution is 5.80. The van der Waals surface area contributed by atoms with E-state index < -0.39 is 0 Å². The zero-order valence-corrected chi connectivity index (χ0v) is 11.2. The van der Waals surface area contributed by atoms with Gasteiger partial charge < -0.3 is 10.3 Å². The fraction of sp³-hybridized carbons (Fsp3) is 0.533. The number of hydrogen-bond acceptors (Lipinski definition) is 2. The summed E-state index contributed by atoms with van der Waals surface area (Å²) in [6.07, 6.45) is 5.26. The molecule has 0 aliphatic heterocycles. The average molecular weight is 243 g/mol. The second-order valence-corrected chi connectivity index (χ2v) is 5.68. The first-order chi connectivity index (χ1) is 8.66. The van der Waals surface area contributed by atoms with Crippen LogP contribution in [-0.2, 0) is 0 Å². The second-order valence-electron chi connectivity index (χ2n) is 5.68. The minimum atomic E-state index is 0.458. The summed E-state index contributed by atoms with van der Waals surface area (Å²) >= 11 is 0. The molecule has 0 bridgehead atoms. The van der Waals surface area contributed by atoms with Crippen molar-refractivity contribution in [2.45, 2.75) is 51.5 Å². The largest absolute Gasteiger partial charge is 0.399 e. The number of fused-ring (bicyclic) bond motifs is 1. The fourth-order valence-corrected chi connectivity index (χ4v) is 3.09. The van der Waals surface area contributed by atoms with Crippen molar-refractivity contribution in [1.29, 1.82) is 0 Å². The summed E-state index contributed by atoms with van der Waals surface area (Å²) in [5, 5.41) is 0. The molecule has 1 heterocycles. The quantitative estimate of drug-likeness (QED) is 0.814. The molecule has 0 amide bonds. The molecule has 3 nitrogen and oxygen atoms in total. The standard InChI is InChI=1S/C15H21N3/c1-10(2)15-17-13-9-11(16)7-8-14(13)18(15)12-5-3-4-6-12/h7-10,12H,3-6,16H2,1-2H3. The SMILES string of the molecule is CC(C)c1nc2cc(N)ccc2n1C1CCCC1. The van der Waals surface area contributed by atoms with Gasteiger partial charge in [0.2, 0.25) is 0 Å². The van der Waals surface area contributed by atoms with Crippen LogP contribution in [0.3, 0.4) is 0 Å². The number of rotatable bonds is 2. The summed E-state index contributed by atoms with van der Waals surface area (Å²) in [5.74, 6) is 1.67. The van der Waals surface area contributed by atoms with Crippen LogP contribution in [-0.4, -0.2) is 9.55 Å². The summed E-state index contributed by atoms with van der Waals surface area (Å²) in [6.45, 7) is 4.44. The van der Waals surface area contributed by atoms with Gasteiger partial charge in [-0.05, 0) is 31.0 Å². The van der Waals surface area contributed by atoms with Crippen molar-refractivity contribution in [2.75, 3.05) is 5.73 Å². The van der Waals surface area contributed by atoms with Gasteiger partial charge in [-0.1, -0.05) is 26.7 Å². The number of nitrogens with two attached hydrogens (primary N) is 1. The van der Waals surface area contributed by atoms with Crippen molar-refractivity contribution < 1.29 is 0 Å². The number of nitrogen functional groups attached to an aromatic ring is 1. The monoisotopic (exact) mass is 243 g/mol. The average Bonchev–Trinajstić information content (AvgIpc) is 2.92. The molecule has 18 heavy (non-hydrogen) atoms. The van der Waals surface area contributed by atoms with Crippen molar-refractivity contribution >= 4 is 16.7 Å². The van der Waals surface area contributed by atoms with E-state index in [0.717, 1.165) is 11.2 Å². The molecule has 2 aromatic rings. The van der Waals surface area contributed by atoms with Crippen LogP contribution >= 0.6 is 0 Å². The van der Waals surface area contributed by atoms with Crippen LogP contribution in [0, 0.1) is 0 Å². The van der Waals surface area contributed by atoms with Crippen molar-refractivity contribution in [2.24, 2.45) is 0 Å². The summed E-state index contributed by atoms with van der Waals surface area (Å²) < 4.78 is 2.46. The molecule has 1 aliphatic rings. The Balaban J connectivity index is 2.21. The fourth-order valence-electron chi connectivity index (χ4n) is 3.09. The van der Waals surface area contributed by atoms with Crippen LogP contribution in [0.15, 0.2) is 18.2 Å². The predicted molar refractivity (Wildman–Crippen MR) is 75.7 cm³/mol. The van der Waals surface area contributed by atoms with E-state index in [0.29, 0.717) is 12.0 Å². The Morgan fingerprint density at radius 3 is 2.67 bits per heavy atom. The lowest BCUT2D eigenvalue weighted by molar-refractivity contribution is 0.499. The van der Waals surface area contributed by atoms with Gasteiger partial charge in [0.1, 0.15) is 5.82 Å². The van der Waals surface area contributed by atoms with Gasteiger partial charge in [0.05, 0.1) is 11.0 Å². The molecular formula is C15H21N3. The maximum atomic E-state index is 5.86. The third-order valence-corrected chi connectivity index (χ3v) is 3.95. The van der Waals surface area contributed by atoms with E-state index in [4.69, 9.17) is 10.7 Å². The molecule has 0 spiro atoms. The van der Waals surface area contributed by atoms with Gasteiger partial charge in [-0.15, -0.1) is 0 Å². The van der Waals surface area contributed by atoms with Gasteiger partial charge in [-0.3, -0.25) is 0 Å². The number of nitrogens with zero attached hydrogens (tertiary/aromatic N) is 2. The molecule has 1 aliphatic carbocycles. The Morgan fingerprint density at radius 2 is 2.00 bits per heavy atom. The predicted octanol–water partition coefficient (Wildman–Crippen LogP) is 3.86. The molecule has 3 heteroatoms.